The molecular weight excluding hydrogens is 481 g/mol. The fourth-order valence-corrected chi connectivity index (χ4v) is 5.27. The summed E-state index contributed by atoms with van der Waals surface area (Å²) in [4.78, 5) is 20.4. The minimum absolute atomic E-state index is 0.0235. The van der Waals surface area contributed by atoms with Crippen molar-refractivity contribution in [3.05, 3.63) is 65.3 Å². The summed E-state index contributed by atoms with van der Waals surface area (Å²) < 4.78 is 14.3. The Balaban J connectivity index is 1.60. The van der Waals surface area contributed by atoms with E-state index in [1.165, 1.54) is 12.1 Å². The number of phenols is 1. The van der Waals surface area contributed by atoms with Crippen molar-refractivity contribution >= 4 is 39.7 Å². The molecule has 0 amide bonds. The number of carbonyl (C=O) groups is 1. The van der Waals surface area contributed by atoms with Gasteiger partial charge < -0.3 is 15.3 Å². The number of piperidine rings is 1. The first kappa shape index (κ1) is 22.9. The fourth-order valence-electron chi connectivity index (χ4n) is 5.06. The van der Waals surface area contributed by atoms with Crippen molar-refractivity contribution in [1.29, 1.82) is 0 Å². The lowest BCUT2D eigenvalue weighted by molar-refractivity contribution is 0.0968. The molecule has 0 unspecified atom stereocenters. The summed E-state index contributed by atoms with van der Waals surface area (Å²) in [6.07, 6.45) is 8.91. The molecule has 6 rings (SSSR count). The van der Waals surface area contributed by atoms with Crippen molar-refractivity contribution in [3.8, 4) is 16.9 Å². The van der Waals surface area contributed by atoms with Crippen LogP contribution in [0.2, 0.25) is 5.02 Å². The van der Waals surface area contributed by atoms with Gasteiger partial charge in [-0.15, -0.1) is 0 Å². The summed E-state index contributed by atoms with van der Waals surface area (Å²) in [6.45, 7) is 1.76. The van der Waals surface area contributed by atoms with E-state index in [0.717, 1.165) is 61.1 Å². The number of ketones is 1. The molecule has 7 nitrogen and oxygen atoms in total. The predicted octanol–water partition coefficient (Wildman–Crippen LogP) is 5.61. The molecule has 3 N–H and O–H groups in total. The van der Waals surface area contributed by atoms with Gasteiger partial charge in [-0.1, -0.05) is 17.7 Å². The van der Waals surface area contributed by atoms with Crippen molar-refractivity contribution in [3.63, 3.8) is 0 Å². The topological polar surface area (TPSA) is 94.1 Å². The quantitative estimate of drug-likeness (QED) is 0.295. The number of rotatable bonds is 6. The lowest BCUT2D eigenvalue weighted by atomic mass is 9.95. The van der Waals surface area contributed by atoms with Crippen molar-refractivity contribution in [2.24, 2.45) is 5.92 Å². The first-order valence-electron chi connectivity index (χ1n) is 12.2. The minimum Gasteiger partial charge on any atom is -0.504 e. The maximum Gasteiger partial charge on any atom is 0.170 e. The van der Waals surface area contributed by atoms with Crippen LogP contribution in [0.25, 0.3) is 22.0 Å². The molecule has 1 saturated heterocycles. The van der Waals surface area contributed by atoms with Crippen LogP contribution in [0.4, 0.5) is 15.8 Å². The lowest BCUT2D eigenvalue weighted by Crippen LogP contribution is -2.41. The number of benzene rings is 2. The number of aromatic nitrogens is 3. The van der Waals surface area contributed by atoms with E-state index in [1.54, 1.807) is 12.4 Å². The number of nitrogens with zero attached hydrogens (tertiary/aromatic N) is 3. The Morgan fingerprint density at radius 3 is 2.58 bits per heavy atom. The average Bonchev–Trinajstić information content (AvgIpc) is 3.62. The van der Waals surface area contributed by atoms with Gasteiger partial charge in [0, 0.05) is 29.7 Å². The van der Waals surface area contributed by atoms with Gasteiger partial charge in [0.15, 0.2) is 17.3 Å². The number of Topliss-reactive ketones (excluding diaryl/α,β-unsaturated/α-hetero) is 1. The zero-order valence-electron chi connectivity index (χ0n) is 19.5. The Morgan fingerprint density at radius 2 is 1.89 bits per heavy atom. The molecule has 3 heterocycles. The number of hydrogen-bond acceptors (Lipinski definition) is 6. The molecule has 2 fully saturated rings. The van der Waals surface area contributed by atoms with E-state index in [-0.39, 0.29) is 22.8 Å². The van der Waals surface area contributed by atoms with Crippen LogP contribution in [-0.4, -0.2) is 45.2 Å². The molecule has 0 radical (unpaired) electrons. The molecule has 9 heteroatoms. The second-order valence-corrected chi connectivity index (χ2v) is 9.89. The van der Waals surface area contributed by atoms with Crippen LogP contribution in [0, 0.1) is 11.7 Å². The fraction of sp³-hybridized carbons (Fsp3) is 0.296. The van der Waals surface area contributed by atoms with E-state index >= 15 is 0 Å². The number of halogens is 2. The highest BCUT2D eigenvalue weighted by molar-refractivity contribution is 6.32. The number of phenolic OH excluding ortho intramolecular Hbond substituents is 1. The summed E-state index contributed by atoms with van der Waals surface area (Å²) in [5, 5.41) is 21.1. The highest BCUT2D eigenvalue weighted by Crippen LogP contribution is 2.43. The molecule has 0 bridgehead atoms. The molecule has 2 aromatic heterocycles. The van der Waals surface area contributed by atoms with Crippen LogP contribution >= 0.6 is 11.6 Å². The van der Waals surface area contributed by atoms with Crippen LogP contribution in [0.5, 0.6) is 5.75 Å². The molecule has 0 atom stereocenters. The number of aromatic amines is 1. The standard InChI is InChI=1S/C27H25ClFN5O2/c28-22-10-17(11-23(29)27(22)36)16-3-4-24-20(9-16)25(21(14-31-24)26(35)15-1-2-15)34(19-12-32-33-13-19)18-5-7-30-8-6-18/h3-4,9-15,18,30,36H,1-2,5-8H2,(H,32,33). The predicted molar refractivity (Wildman–Crippen MR) is 137 cm³/mol. The van der Waals surface area contributed by atoms with E-state index in [0.29, 0.717) is 16.7 Å². The first-order chi connectivity index (χ1) is 17.5. The zero-order valence-corrected chi connectivity index (χ0v) is 20.2. The number of H-pyrrole nitrogens is 1. The molecule has 0 spiro atoms. The maximum absolute atomic E-state index is 14.3. The van der Waals surface area contributed by atoms with Gasteiger partial charge in [0.25, 0.3) is 0 Å². The summed E-state index contributed by atoms with van der Waals surface area (Å²) in [5.41, 5.74) is 4.24. The van der Waals surface area contributed by atoms with Crippen LogP contribution in [0.3, 0.4) is 0 Å². The average molecular weight is 506 g/mol. The van der Waals surface area contributed by atoms with Crippen LogP contribution in [0.15, 0.2) is 48.9 Å². The summed E-state index contributed by atoms with van der Waals surface area (Å²) >= 11 is 6.08. The second kappa shape index (κ2) is 9.19. The number of nitrogens with one attached hydrogen (secondary N) is 2. The van der Waals surface area contributed by atoms with Crippen LogP contribution in [0.1, 0.15) is 36.0 Å². The largest absolute Gasteiger partial charge is 0.504 e. The third-order valence-corrected chi connectivity index (χ3v) is 7.37. The van der Waals surface area contributed by atoms with Gasteiger partial charge in [0.1, 0.15) is 0 Å². The van der Waals surface area contributed by atoms with E-state index < -0.39 is 11.6 Å². The van der Waals surface area contributed by atoms with Crippen molar-refractivity contribution < 1.29 is 14.3 Å². The third-order valence-electron chi connectivity index (χ3n) is 7.08. The Bertz CT molecular complexity index is 1430. The molecule has 2 aliphatic rings. The molecule has 184 valence electrons. The number of hydrogen-bond donors (Lipinski definition) is 3. The van der Waals surface area contributed by atoms with Crippen LogP contribution in [-0.2, 0) is 0 Å². The highest BCUT2D eigenvalue weighted by atomic mass is 35.5. The normalized spacial score (nSPS) is 16.4. The molecule has 1 aliphatic carbocycles. The zero-order chi connectivity index (χ0) is 24.8. The van der Waals surface area contributed by atoms with Crippen molar-refractivity contribution in [2.45, 2.75) is 31.7 Å². The Labute approximate surface area is 212 Å². The third kappa shape index (κ3) is 4.10. The first-order valence-corrected chi connectivity index (χ1v) is 12.5. The van der Waals surface area contributed by atoms with Gasteiger partial charge in [0.2, 0.25) is 0 Å². The molecule has 1 saturated carbocycles. The summed E-state index contributed by atoms with van der Waals surface area (Å²) in [5.74, 6) is -1.23. The summed E-state index contributed by atoms with van der Waals surface area (Å²) in [7, 11) is 0. The van der Waals surface area contributed by atoms with Crippen molar-refractivity contribution in [2.75, 3.05) is 18.0 Å². The van der Waals surface area contributed by atoms with E-state index in [4.69, 9.17) is 11.6 Å². The number of aromatic hydroxyl groups is 1. The van der Waals surface area contributed by atoms with Crippen molar-refractivity contribution in [1.82, 2.24) is 20.5 Å². The van der Waals surface area contributed by atoms with Gasteiger partial charge in [-0.2, -0.15) is 5.10 Å². The Hall–Kier alpha value is -3.49. The number of carbonyl (C=O) groups excluding carboxylic acids is 1. The molecular formula is C27H25ClFN5O2. The molecule has 1 aliphatic heterocycles. The SMILES string of the molecule is O=C(c1cnc2ccc(-c3cc(F)c(O)c(Cl)c3)cc2c1N(c1cn[nH]c1)C1CCNCC1)C1CC1. The van der Waals surface area contributed by atoms with Gasteiger partial charge in [-0.25, -0.2) is 4.39 Å². The van der Waals surface area contributed by atoms with Gasteiger partial charge in [0.05, 0.1) is 33.7 Å². The number of pyridine rings is 1. The summed E-state index contributed by atoms with van der Waals surface area (Å²) in [6, 6.07) is 8.59. The number of anilines is 2. The lowest BCUT2D eigenvalue weighted by Gasteiger charge is -2.37. The van der Waals surface area contributed by atoms with Crippen LogP contribution < -0.4 is 10.2 Å². The maximum atomic E-state index is 14.3. The smallest absolute Gasteiger partial charge is 0.170 e. The van der Waals surface area contributed by atoms with E-state index in [9.17, 15) is 14.3 Å². The Kier molecular flexibility index (Phi) is 5.85. The number of fused-ring (bicyclic) bond motifs is 1. The van der Waals surface area contributed by atoms with Gasteiger partial charge in [-0.05, 0) is 74.2 Å². The van der Waals surface area contributed by atoms with E-state index in [2.05, 4.69) is 25.4 Å². The second-order valence-electron chi connectivity index (χ2n) is 9.49. The monoisotopic (exact) mass is 505 g/mol. The Morgan fingerprint density at radius 1 is 1.08 bits per heavy atom. The molecule has 2 aromatic carbocycles. The highest BCUT2D eigenvalue weighted by Gasteiger charge is 2.35. The molecule has 36 heavy (non-hydrogen) atoms. The minimum atomic E-state index is -0.789. The van der Waals surface area contributed by atoms with Gasteiger partial charge >= 0.3 is 0 Å². The van der Waals surface area contributed by atoms with E-state index in [1.807, 2.05) is 24.4 Å². The molecule has 4 aromatic rings. The van der Waals surface area contributed by atoms with Gasteiger partial charge in [-0.3, -0.25) is 14.9 Å².